The maximum absolute atomic E-state index is 5.66. The van der Waals surface area contributed by atoms with Gasteiger partial charge in [-0.25, -0.2) is 0 Å². The molecule has 1 heterocycles. The van der Waals surface area contributed by atoms with Crippen molar-refractivity contribution in [1.82, 2.24) is 0 Å². The van der Waals surface area contributed by atoms with Crippen molar-refractivity contribution in [3.63, 3.8) is 0 Å². The highest BCUT2D eigenvalue weighted by Crippen LogP contribution is 2.30. The lowest BCUT2D eigenvalue weighted by molar-refractivity contribution is 0.521. The number of anilines is 1. The molecule has 1 aliphatic rings. The van der Waals surface area contributed by atoms with Gasteiger partial charge in [-0.3, -0.25) is 0 Å². The summed E-state index contributed by atoms with van der Waals surface area (Å²) in [6, 6.07) is 6.47. The Kier molecular flexibility index (Phi) is 4.46. The minimum absolute atomic E-state index is 0.607. The van der Waals surface area contributed by atoms with Crippen molar-refractivity contribution in [2.24, 2.45) is 11.7 Å². The maximum Gasteiger partial charge on any atom is 0.0510 e. The van der Waals surface area contributed by atoms with Crippen LogP contribution in [0.15, 0.2) is 22.7 Å². The van der Waals surface area contributed by atoms with Crippen molar-refractivity contribution < 1.29 is 0 Å². The number of rotatable bonds is 2. The number of hydrogen-bond acceptors (Lipinski definition) is 2. The third-order valence-electron chi connectivity index (χ3n) is 3.61. The summed E-state index contributed by atoms with van der Waals surface area (Å²) in [6.07, 6.45) is 3.95. The lowest BCUT2D eigenvalue weighted by Gasteiger charge is -2.24. The molecule has 2 nitrogen and oxygen atoms in total. The van der Waals surface area contributed by atoms with Crippen molar-refractivity contribution in [3.05, 3.63) is 28.2 Å². The Morgan fingerprint density at radius 1 is 1.35 bits per heavy atom. The number of nitrogens with zero attached hydrogens (tertiary/aromatic N) is 1. The molecule has 17 heavy (non-hydrogen) atoms. The van der Waals surface area contributed by atoms with E-state index in [0.717, 1.165) is 5.92 Å². The van der Waals surface area contributed by atoms with Crippen LogP contribution in [0.1, 0.15) is 31.7 Å². The molecule has 1 fully saturated rings. The minimum atomic E-state index is 0.607. The second-order valence-corrected chi connectivity index (χ2v) is 5.87. The summed E-state index contributed by atoms with van der Waals surface area (Å²) in [7, 11) is 0. The number of nitrogens with two attached hydrogens (primary N) is 1. The quantitative estimate of drug-likeness (QED) is 0.904. The van der Waals surface area contributed by atoms with Gasteiger partial charge in [0.05, 0.1) is 5.69 Å². The van der Waals surface area contributed by atoms with E-state index in [9.17, 15) is 0 Å². The number of hydrogen-bond donors (Lipinski definition) is 1. The average molecular weight is 297 g/mol. The van der Waals surface area contributed by atoms with Crippen LogP contribution in [0.25, 0.3) is 0 Å². The minimum Gasteiger partial charge on any atom is -0.371 e. The molecule has 0 saturated carbocycles. The Bertz CT molecular complexity index is 378. The zero-order valence-corrected chi connectivity index (χ0v) is 12.0. The first-order valence-electron chi connectivity index (χ1n) is 6.44. The van der Waals surface area contributed by atoms with Crippen molar-refractivity contribution in [3.8, 4) is 0 Å². The van der Waals surface area contributed by atoms with Crippen molar-refractivity contribution >= 4 is 21.6 Å². The van der Waals surface area contributed by atoms with Crippen LogP contribution in [0.3, 0.4) is 0 Å². The van der Waals surface area contributed by atoms with E-state index in [-0.39, 0.29) is 0 Å². The molecule has 94 valence electrons. The third kappa shape index (κ3) is 3.23. The second kappa shape index (κ2) is 5.87. The zero-order valence-electron chi connectivity index (χ0n) is 10.5. The summed E-state index contributed by atoms with van der Waals surface area (Å²) in [5.74, 6) is 0.863. The van der Waals surface area contributed by atoms with E-state index in [1.54, 1.807) is 0 Å². The first kappa shape index (κ1) is 12.9. The summed E-state index contributed by atoms with van der Waals surface area (Å²) < 4.78 is 1.18. The molecule has 0 aromatic heterocycles. The Balaban J connectivity index is 2.15. The Morgan fingerprint density at radius 3 is 2.88 bits per heavy atom. The van der Waals surface area contributed by atoms with E-state index in [4.69, 9.17) is 5.73 Å². The molecule has 0 radical (unpaired) electrons. The van der Waals surface area contributed by atoms with Gasteiger partial charge < -0.3 is 10.6 Å². The molecule has 2 rings (SSSR count). The van der Waals surface area contributed by atoms with Crippen LogP contribution in [-0.2, 0) is 6.54 Å². The Labute approximate surface area is 112 Å². The lowest BCUT2D eigenvalue weighted by atomic mass is 10.0. The summed E-state index contributed by atoms with van der Waals surface area (Å²) in [6.45, 7) is 5.30. The summed E-state index contributed by atoms with van der Waals surface area (Å²) in [5, 5.41) is 0. The van der Waals surface area contributed by atoms with Crippen molar-refractivity contribution in [1.29, 1.82) is 0 Å². The lowest BCUT2D eigenvalue weighted by Crippen LogP contribution is -2.24. The van der Waals surface area contributed by atoms with Crippen LogP contribution in [0.2, 0.25) is 0 Å². The van der Waals surface area contributed by atoms with Gasteiger partial charge in [-0.15, -0.1) is 0 Å². The molecule has 1 saturated heterocycles. The van der Waals surface area contributed by atoms with Crippen LogP contribution in [-0.4, -0.2) is 13.1 Å². The molecular formula is C14H21BrN2. The van der Waals surface area contributed by atoms with Gasteiger partial charge in [-0.2, -0.15) is 0 Å². The second-order valence-electron chi connectivity index (χ2n) is 5.01. The maximum atomic E-state index is 5.66. The van der Waals surface area contributed by atoms with E-state index < -0.39 is 0 Å². The summed E-state index contributed by atoms with van der Waals surface area (Å²) in [4.78, 5) is 2.49. The fourth-order valence-corrected chi connectivity index (χ4v) is 3.11. The van der Waals surface area contributed by atoms with Crippen LogP contribution in [0.4, 0.5) is 5.69 Å². The highest BCUT2D eigenvalue weighted by Gasteiger charge is 2.15. The van der Waals surface area contributed by atoms with Gasteiger partial charge in [0.2, 0.25) is 0 Å². The van der Waals surface area contributed by atoms with E-state index >= 15 is 0 Å². The topological polar surface area (TPSA) is 29.3 Å². The molecule has 1 aromatic carbocycles. The smallest absolute Gasteiger partial charge is 0.0510 e. The molecule has 0 amide bonds. The first-order valence-corrected chi connectivity index (χ1v) is 7.23. The Hall–Kier alpha value is -0.540. The fraction of sp³-hybridized carbons (Fsp3) is 0.571. The monoisotopic (exact) mass is 296 g/mol. The highest BCUT2D eigenvalue weighted by atomic mass is 79.9. The Morgan fingerprint density at radius 2 is 2.18 bits per heavy atom. The van der Waals surface area contributed by atoms with Crippen molar-refractivity contribution in [2.75, 3.05) is 18.0 Å². The SMILES string of the molecule is CC1CCCN(c2ccc(CN)cc2Br)CC1. The molecule has 0 spiro atoms. The first-order chi connectivity index (χ1) is 8.20. The molecular weight excluding hydrogens is 276 g/mol. The molecule has 1 atom stereocenters. The standard InChI is InChI=1S/C14H21BrN2/c1-11-3-2-7-17(8-6-11)14-5-4-12(10-16)9-13(14)15/h4-5,9,11H,2-3,6-8,10,16H2,1H3. The van der Waals surface area contributed by atoms with E-state index in [1.165, 1.54) is 48.1 Å². The van der Waals surface area contributed by atoms with Crippen LogP contribution in [0.5, 0.6) is 0 Å². The van der Waals surface area contributed by atoms with Crippen LogP contribution < -0.4 is 10.6 Å². The fourth-order valence-electron chi connectivity index (χ4n) is 2.44. The third-order valence-corrected chi connectivity index (χ3v) is 4.24. The molecule has 3 heteroatoms. The van der Waals surface area contributed by atoms with Gasteiger partial charge in [0.25, 0.3) is 0 Å². The van der Waals surface area contributed by atoms with Gasteiger partial charge in [-0.1, -0.05) is 13.0 Å². The normalized spacial score (nSPS) is 21.4. The van der Waals surface area contributed by atoms with Gasteiger partial charge in [-0.05, 0) is 58.8 Å². The van der Waals surface area contributed by atoms with Gasteiger partial charge >= 0.3 is 0 Å². The average Bonchev–Trinajstić information content (AvgIpc) is 2.54. The van der Waals surface area contributed by atoms with Crippen LogP contribution >= 0.6 is 15.9 Å². The zero-order chi connectivity index (χ0) is 12.3. The van der Waals surface area contributed by atoms with E-state index in [0.29, 0.717) is 6.54 Å². The van der Waals surface area contributed by atoms with Gasteiger partial charge in [0.15, 0.2) is 0 Å². The molecule has 1 aromatic rings. The van der Waals surface area contributed by atoms with E-state index in [1.807, 2.05) is 0 Å². The predicted molar refractivity (Wildman–Crippen MR) is 77.3 cm³/mol. The van der Waals surface area contributed by atoms with Crippen LogP contribution in [0, 0.1) is 5.92 Å². The molecule has 1 aliphatic heterocycles. The van der Waals surface area contributed by atoms with E-state index in [2.05, 4.69) is 46.0 Å². The molecule has 1 unspecified atom stereocenters. The molecule has 0 bridgehead atoms. The van der Waals surface area contributed by atoms with Gasteiger partial charge in [0, 0.05) is 24.1 Å². The number of halogens is 1. The molecule has 2 N–H and O–H groups in total. The summed E-state index contributed by atoms with van der Waals surface area (Å²) in [5.41, 5.74) is 8.16. The molecule has 0 aliphatic carbocycles. The van der Waals surface area contributed by atoms with Crippen molar-refractivity contribution in [2.45, 2.75) is 32.7 Å². The summed E-state index contributed by atoms with van der Waals surface area (Å²) >= 11 is 3.67. The predicted octanol–water partition coefficient (Wildman–Crippen LogP) is 3.53. The van der Waals surface area contributed by atoms with Gasteiger partial charge in [0.1, 0.15) is 0 Å². The number of benzene rings is 1. The largest absolute Gasteiger partial charge is 0.371 e. The highest BCUT2D eigenvalue weighted by molar-refractivity contribution is 9.10.